The molecule has 2 atom stereocenters. The van der Waals surface area contributed by atoms with E-state index < -0.39 is 0 Å². The Morgan fingerprint density at radius 1 is 1.11 bits per heavy atom. The zero-order valence-electron chi connectivity index (χ0n) is 12.1. The molecule has 2 heterocycles. The molecule has 1 N–H and O–H groups in total. The summed E-state index contributed by atoms with van der Waals surface area (Å²) < 4.78 is 6.42. The molecular weight excluding hydrogens is 238 g/mol. The molecule has 2 aliphatic heterocycles. The van der Waals surface area contributed by atoms with Crippen LogP contribution in [0.15, 0.2) is 0 Å². The van der Waals surface area contributed by atoms with Crippen LogP contribution in [-0.4, -0.2) is 48.0 Å². The van der Waals surface area contributed by atoms with Gasteiger partial charge in [0.05, 0.1) is 11.7 Å². The molecule has 2 unspecified atom stereocenters. The SMILES string of the molecule is OCCC1CCCN(CC2CCC3(CCCC3)O2)C1. The summed E-state index contributed by atoms with van der Waals surface area (Å²) >= 11 is 0. The molecule has 1 saturated carbocycles. The molecule has 0 bridgehead atoms. The normalized spacial score (nSPS) is 35.2. The highest BCUT2D eigenvalue weighted by Gasteiger charge is 2.42. The van der Waals surface area contributed by atoms with Crippen LogP contribution >= 0.6 is 0 Å². The second-order valence-corrected chi connectivity index (χ2v) is 6.95. The summed E-state index contributed by atoms with van der Waals surface area (Å²) in [5, 5.41) is 9.09. The second-order valence-electron chi connectivity index (χ2n) is 6.95. The molecule has 3 aliphatic rings. The van der Waals surface area contributed by atoms with E-state index in [2.05, 4.69) is 4.90 Å². The first kappa shape index (κ1) is 13.8. The van der Waals surface area contributed by atoms with E-state index >= 15 is 0 Å². The highest BCUT2D eigenvalue weighted by Crippen LogP contribution is 2.43. The fourth-order valence-corrected chi connectivity index (χ4v) is 4.43. The monoisotopic (exact) mass is 267 g/mol. The Morgan fingerprint density at radius 3 is 2.74 bits per heavy atom. The number of aliphatic hydroxyl groups excluding tert-OH is 1. The van der Waals surface area contributed by atoms with Gasteiger partial charge >= 0.3 is 0 Å². The van der Waals surface area contributed by atoms with Gasteiger partial charge in [-0.15, -0.1) is 0 Å². The number of ether oxygens (including phenoxy) is 1. The summed E-state index contributed by atoms with van der Waals surface area (Å²) in [7, 11) is 0. The Kier molecular flexibility index (Phi) is 4.45. The van der Waals surface area contributed by atoms with Gasteiger partial charge in [0.25, 0.3) is 0 Å². The van der Waals surface area contributed by atoms with Crippen LogP contribution in [0, 0.1) is 5.92 Å². The van der Waals surface area contributed by atoms with Crippen LogP contribution in [0.5, 0.6) is 0 Å². The van der Waals surface area contributed by atoms with Gasteiger partial charge in [0.15, 0.2) is 0 Å². The van der Waals surface area contributed by atoms with Crippen LogP contribution in [0.1, 0.15) is 57.8 Å². The molecule has 0 aromatic heterocycles. The average Bonchev–Trinajstić information content (AvgIpc) is 3.02. The smallest absolute Gasteiger partial charge is 0.0710 e. The zero-order valence-corrected chi connectivity index (χ0v) is 12.1. The second kappa shape index (κ2) is 6.11. The molecule has 2 saturated heterocycles. The molecule has 0 aromatic rings. The third-order valence-electron chi connectivity index (χ3n) is 5.46. The van der Waals surface area contributed by atoms with E-state index in [-0.39, 0.29) is 5.60 Å². The van der Waals surface area contributed by atoms with Crippen molar-refractivity contribution in [2.75, 3.05) is 26.2 Å². The van der Waals surface area contributed by atoms with E-state index in [1.807, 2.05) is 0 Å². The molecule has 0 amide bonds. The molecule has 0 aromatic carbocycles. The summed E-state index contributed by atoms with van der Waals surface area (Å²) in [6, 6.07) is 0. The topological polar surface area (TPSA) is 32.7 Å². The number of rotatable bonds is 4. The van der Waals surface area contributed by atoms with Gasteiger partial charge in [-0.1, -0.05) is 12.8 Å². The first-order chi connectivity index (χ1) is 9.30. The molecule has 1 aliphatic carbocycles. The Hall–Kier alpha value is -0.120. The van der Waals surface area contributed by atoms with Gasteiger partial charge in [-0.2, -0.15) is 0 Å². The number of hydrogen-bond acceptors (Lipinski definition) is 3. The van der Waals surface area contributed by atoms with Crippen molar-refractivity contribution in [1.29, 1.82) is 0 Å². The highest BCUT2D eigenvalue weighted by atomic mass is 16.5. The van der Waals surface area contributed by atoms with E-state index in [0.717, 1.165) is 13.0 Å². The van der Waals surface area contributed by atoms with Crippen LogP contribution in [0.4, 0.5) is 0 Å². The van der Waals surface area contributed by atoms with Gasteiger partial charge in [-0.25, -0.2) is 0 Å². The van der Waals surface area contributed by atoms with E-state index in [4.69, 9.17) is 9.84 Å². The van der Waals surface area contributed by atoms with E-state index in [0.29, 0.717) is 18.6 Å². The highest BCUT2D eigenvalue weighted by molar-refractivity contribution is 4.93. The Balaban J connectivity index is 1.46. The lowest BCUT2D eigenvalue weighted by atomic mass is 9.94. The van der Waals surface area contributed by atoms with Crippen molar-refractivity contribution >= 4 is 0 Å². The van der Waals surface area contributed by atoms with Gasteiger partial charge in [0, 0.05) is 19.7 Å². The molecule has 110 valence electrons. The lowest BCUT2D eigenvalue weighted by molar-refractivity contribution is -0.0509. The average molecular weight is 267 g/mol. The largest absolute Gasteiger partial charge is 0.396 e. The van der Waals surface area contributed by atoms with E-state index in [9.17, 15) is 0 Å². The fraction of sp³-hybridized carbons (Fsp3) is 1.00. The standard InChI is InChI=1S/C16H29NO2/c18-11-6-14-4-3-10-17(12-14)13-15-5-9-16(19-15)7-1-2-8-16/h14-15,18H,1-13H2. The van der Waals surface area contributed by atoms with Crippen molar-refractivity contribution in [2.45, 2.75) is 69.5 Å². The van der Waals surface area contributed by atoms with Gasteiger partial charge < -0.3 is 14.7 Å². The maximum atomic E-state index is 9.09. The molecule has 3 rings (SSSR count). The predicted molar refractivity (Wildman–Crippen MR) is 76.2 cm³/mol. The first-order valence-corrected chi connectivity index (χ1v) is 8.31. The molecule has 3 fully saturated rings. The van der Waals surface area contributed by atoms with E-state index in [1.54, 1.807) is 0 Å². The van der Waals surface area contributed by atoms with Crippen LogP contribution < -0.4 is 0 Å². The maximum Gasteiger partial charge on any atom is 0.0710 e. The third-order valence-corrected chi connectivity index (χ3v) is 5.46. The van der Waals surface area contributed by atoms with Gasteiger partial charge in [0.1, 0.15) is 0 Å². The molecule has 0 radical (unpaired) electrons. The van der Waals surface area contributed by atoms with Crippen LogP contribution in [0.2, 0.25) is 0 Å². The fourth-order valence-electron chi connectivity index (χ4n) is 4.43. The predicted octanol–water partition coefficient (Wildman–Crippen LogP) is 2.57. The van der Waals surface area contributed by atoms with Crippen molar-refractivity contribution < 1.29 is 9.84 Å². The maximum absolute atomic E-state index is 9.09. The summed E-state index contributed by atoms with van der Waals surface area (Å²) in [5.41, 5.74) is 0.283. The molecule has 3 nitrogen and oxygen atoms in total. The zero-order chi connectivity index (χ0) is 13.1. The number of hydrogen-bond donors (Lipinski definition) is 1. The minimum Gasteiger partial charge on any atom is -0.396 e. The molecule has 3 heteroatoms. The minimum absolute atomic E-state index is 0.283. The summed E-state index contributed by atoms with van der Waals surface area (Å²) in [5.74, 6) is 0.709. The van der Waals surface area contributed by atoms with Crippen molar-refractivity contribution in [1.82, 2.24) is 4.90 Å². The van der Waals surface area contributed by atoms with Crippen molar-refractivity contribution in [2.24, 2.45) is 5.92 Å². The lowest BCUT2D eigenvalue weighted by Crippen LogP contribution is -2.41. The molecule has 19 heavy (non-hydrogen) atoms. The summed E-state index contributed by atoms with van der Waals surface area (Å²) in [4.78, 5) is 2.59. The summed E-state index contributed by atoms with van der Waals surface area (Å²) in [6.07, 6.45) is 12.0. The third kappa shape index (κ3) is 3.32. The summed E-state index contributed by atoms with van der Waals surface area (Å²) in [6.45, 7) is 3.88. The molecular formula is C16H29NO2. The quantitative estimate of drug-likeness (QED) is 0.850. The Bertz CT molecular complexity index is 286. The van der Waals surface area contributed by atoms with Crippen LogP contribution in [0.25, 0.3) is 0 Å². The van der Waals surface area contributed by atoms with Gasteiger partial charge in [-0.3, -0.25) is 0 Å². The number of aliphatic hydroxyl groups is 1. The number of nitrogens with zero attached hydrogens (tertiary/aromatic N) is 1. The Morgan fingerprint density at radius 2 is 1.95 bits per heavy atom. The Labute approximate surface area is 117 Å². The van der Waals surface area contributed by atoms with Crippen LogP contribution in [0.3, 0.4) is 0 Å². The van der Waals surface area contributed by atoms with E-state index in [1.165, 1.54) is 64.5 Å². The molecule has 1 spiro atoms. The number of likely N-dealkylation sites (tertiary alicyclic amines) is 1. The van der Waals surface area contributed by atoms with Gasteiger partial charge in [0.2, 0.25) is 0 Å². The van der Waals surface area contributed by atoms with Crippen LogP contribution in [-0.2, 0) is 4.74 Å². The lowest BCUT2D eigenvalue weighted by Gasteiger charge is -2.34. The van der Waals surface area contributed by atoms with Crippen molar-refractivity contribution in [3.63, 3.8) is 0 Å². The van der Waals surface area contributed by atoms with Crippen molar-refractivity contribution in [3.05, 3.63) is 0 Å². The first-order valence-electron chi connectivity index (χ1n) is 8.31. The van der Waals surface area contributed by atoms with Crippen molar-refractivity contribution in [3.8, 4) is 0 Å². The van der Waals surface area contributed by atoms with Gasteiger partial charge in [-0.05, 0) is 57.4 Å². The minimum atomic E-state index is 0.283. The number of piperidine rings is 1.